The topological polar surface area (TPSA) is 40.5 Å². The standard InChI is InChI=1S/C18H30O2/c1-17-9-7-11-12(14(17)5-6-16(17)19)3-4-15-13(11)8-10-18(15,2)20/h11-16,19-20H,3-10H2,1-2H3/t11-,12+,13+,14-,15+,16-,17-,18-/m0/s1. The lowest BCUT2D eigenvalue weighted by molar-refractivity contribution is -0.0908. The average molecular weight is 278 g/mol. The van der Waals surface area contributed by atoms with Gasteiger partial charge in [0.05, 0.1) is 11.7 Å². The van der Waals surface area contributed by atoms with Crippen molar-refractivity contribution in [2.75, 3.05) is 0 Å². The minimum atomic E-state index is -0.397. The van der Waals surface area contributed by atoms with Gasteiger partial charge in [-0.2, -0.15) is 0 Å². The Bertz CT molecular complexity index is 404. The highest BCUT2D eigenvalue weighted by Crippen LogP contribution is 2.64. The maximum absolute atomic E-state index is 10.6. The zero-order valence-corrected chi connectivity index (χ0v) is 13.0. The third-order valence-electron chi connectivity index (χ3n) is 8.10. The van der Waals surface area contributed by atoms with Crippen LogP contribution < -0.4 is 0 Å². The van der Waals surface area contributed by atoms with Gasteiger partial charge in [0.15, 0.2) is 0 Å². The smallest absolute Gasteiger partial charge is 0.0650 e. The first-order valence-electron chi connectivity index (χ1n) is 8.84. The Morgan fingerprint density at radius 2 is 1.40 bits per heavy atom. The molecule has 0 spiro atoms. The van der Waals surface area contributed by atoms with E-state index in [0.29, 0.717) is 5.92 Å². The maximum atomic E-state index is 10.6. The van der Waals surface area contributed by atoms with Gasteiger partial charge in [0.2, 0.25) is 0 Å². The van der Waals surface area contributed by atoms with Gasteiger partial charge in [-0.05, 0) is 93.3 Å². The molecule has 2 nitrogen and oxygen atoms in total. The van der Waals surface area contributed by atoms with Crippen molar-refractivity contribution in [3.8, 4) is 0 Å². The number of hydrogen-bond donors (Lipinski definition) is 2. The lowest BCUT2D eigenvalue weighted by Crippen LogP contribution is -2.49. The van der Waals surface area contributed by atoms with Crippen molar-refractivity contribution in [3.63, 3.8) is 0 Å². The SMILES string of the molecule is C[C@]12CC[C@@H]3[C@H]4CC[C@](C)(O)[C@@H]4CC[C@H]3[C@@H]1CC[C@@H]2O. The fourth-order valence-corrected chi connectivity index (χ4v) is 6.95. The van der Waals surface area contributed by atoms with E-state index in [1.54, 1.807) is 0 Å². The van der Waals surface area contributed by atoms with E-state index in [0.717, 1.165) is 36.5 Å². The van der Waals surface area contributed by atoms with E-state index in [1.807, 2.05) is 0 Å². The maximum Gasteiger partial charge on any atom is 0.0650 e. The lowest BCUT2D eigenvalue weighted by Gasteiger charge is -2.53. The Kier molecular flexibility index (Phi) is 2.87. The normalized spacial score (nSPS) is 61.8. The number of aliphatic hydroxyl groups is 2. The Hall–Kier alpha value is -0.0800. The van der Waals surface area contributed by atoms with Crippen molar-refractivity contribution in [1.29, 1.82) is 0 Å². The highest BCUT2D eigenvalue weighted by molar-refractivity contribution is 5.08. The van der Waals surface area contributed by atoms with Crippen LogP contribution in [0.4, 0.5) is 0 Å². The monoisotopic (exact) mass is 278 g/mol. The molecule has 4 rings (SSSR count). The van der Waals surface area contributed by atoms with Crippen LogP contribution >= 0.6 is 0 Å². The van der Waals surface area contributed by atoms with Gasteiger partial charge in [0, 0.05) is 0 Å². The molecule has 114 valence electrons. The first-order chi connectivity index (χ1) is 9.43. The van der Waals surface area contributed by atoms with E-state index >= 15 is 0 Å². The predicted octanol–water partition coefficient (Wildman–Crippen LogP) is 3.36. The summed E-state index contributed by atoms with van der Waals surface area (Å²) in [4.78, 5) is 0. The summed E-state index contributed by atoms with van der Waals surface area (Å²) >= 11 is 0. The molecule has 2 N–H and O–H groups in total. The van der Waals surface area contributed by atoms with E-state index in [-0.39, 0.29) is 11.5 Å². The quantitative estimate of drug-likeness (QED) is 0.713. The molecule has 0 saturated heterocycles. The molecule has 2 heteroatoms. The van der Waals surface area contributed by atoms with Crippen LogP contribution in [0.2, 0.25) is 0 Å². The number of rotatable bonds is 0. The van der Waals surface area contributed by atoms with Gasteiger partial charge in [-0.3, -0.25) is 0 Å². The molecule has 0 radical (unpaired) electrons. The summed E-state index contributed by atoms with van der Waals surface area (Å²) < 4.78 is 0. The Balaban J connectivity index is 1.61. The molecule has 4 aliphatic carbocycles. The fourth-order valence-electron chi connectivity index (χ4n) is 6.95. The van der Waals surface area contributed by atoms with E-state index in [4.69, 9.17) is 0 Å². The van der Waals surface area contributed by atoms with Crippen molar-refractivity contribution in [2.24, 2.45) is 35.0 Å². The summed E-state index contributed by atoms with van der Waals surface area (Å²) in [5, 5.41) is 21.0. The third-order valence-corrected chi connectivity index (χ3v) is 8.10. The van der Waals surface area contributed by atoms with Gasteiger partial charge in [-0.15, -0.1) is 0 Å². The second-order valence-corrected chi connectivity index (χ2v) is 8.82. The lowest BCUT2D eigenvalue weighted by atomic mass is 9.52. The van der Waals surface area contributed by atoms with Crippen LogP contribution in [0, 0.1) is 35.0 Å². The van der Waals surface area contributed by atoms with Crippen LogP contribution in [0.15, 0.2) is 0 Å². The van der Waals surface area contributed by atoms with Crippen LogP contribution in [0.3, 0.4) is 0 Å². The van der Waals surface area contributed by atoms with Crippen LogP contribution in [0.5, 0.6) is 0 Å². The molecule has 0 aromatic heterocycles. The fraction of sp³-hybridized carbons (Fsp3) is 1.00. The molecule has 0 aliphatic heterocycles. The molecular formula is C18H30O2. The van der Waals surface area contributed by atoms with Crippen molar-refractivity contribution in [1.82, 2.24) is 0 Å². The summed E-state index contributed by atoms with van der Waals surface area (Å²) in [6.45, 7) is 4.42. The molecular weight excluding hydrogens is 248 g/mol. The van der Waals surface area contributed by atoms with E-state index in [2.05, 4.69) is 13.8 Å². The van der Waals surface area contributed by atoms with Gasteiger partial charge in [-0.1, -0.05) is 6.92 Å². The Labute approximate surface area is 123 Å². The predicted molar refractivity (Wildman–Crippen MR) is 79.1 cm³/mol. The van der Waals surface area contributed by atoms with Crippen LogP contribution in [0.1, 0.15) is 65.2 Å². The largest absolute Gasteiger partial charge is 0.393 e. The number of hydrogen-bond acceptors (Lipinski definition) is 2. The van der Waals surface area contributed by atoms with Crippen molar-refractivity contribution in [2.45, 2.75) is 76.9 Å². The molecule has 4 fully saturated rings. The molecule has 0 unspecified atom stereocenters. The van der Waals surface area contributed by atoms with Crippen LogP contribution in [-0.4, -0.2) is 21.9 Å². The summed E-state index contributed by atoms with van der Waals surface area (Å²) in [6, 6.07) is 0. The molecule has 8 atom stereocenters. The van der Waals surface area contributed by atoms with Crippen molar-refractivity contribution in [3.05, 3.63) is 0 Å². The number of aliphatic hydroxyl groups excluding tert-OH is 1. The molecule has 0 bridgehead atoms. The third kappa shape index (κ3) is 1.64. The minimum absolute atomic E-state index is 0.0575. The van der Waals surface area contributed by atoms with Gasteiger partial charge < -0.3 is 10.2 Å². The van der Waals surface area contributed by atoms with Gasteiger partial charge in [-0.25, -0.2) is 0 Å². The Morgan fingerprint density at radius 1 is 0.750 bits per heavy atom. The molecule has 0 amide bonds. The zero-order valence-electron chi connectivity index (χ0n) is 13.0. The van der Waals surface area contributed by atoms with Crippen LogP contribution in [0.25, 0.3) is 0 Å². The summed E-state index contributed by atoms with van der Waals surface area (Å²) in [6.07, 6.45) is 9.50. The number of fused-ring (bicyclic) bond motifs is 5. The molecule has 0 heterocycles. The van der Waals surface area contributed by atoms with Crippen molar-refractivity contribution >= 4 is 0 Å². The van der Waals surface area contributed by atoms with E-state index in [1.165, 1.54) is 38.5 Å². The summed E-state index contributed by atoms with van der Waals surface area (Å²) in [7, 11) is 0. The Morgan fingerprint density at radius 3 is 2.20 bits per heavy atom. The molecule has 4 aliphatic rings. The van der Waals surface area contributed by atoms with Gasteiger partial charge in [0.1, 0.15) is 0 Å². The first kappa shape index (κ1) is 13.6. The van der Waals surface area contributed by atoms with Crippen molar-refractivity contribution < 1.29 is 10.2 Å². The van der Waals surface area contributed by atoms with Crippen LogP contribution in [-0.2, 0) is 0 Å². The highest BCUT2D eigenvalue weighted by Gasteiger charge is 2.59. The first-order valence-corrected chi connectivity index (χ1v) is 8.84. The zero-order chi connectivity index (χ0) is 14.1. The second kappa shape index (κ2) is 4.23. The molecule has 20 heavy (non-hydrogen) atoms. The highest BCUT2D eigenvalue weighted by atomic mass is 16.3. The van der Waals surface area contributed by atoms with Gasteiger partial charge >= 0.3 is 0 Å². The minimum Gasteiger partial charge on any atom is -0.393 e. The molecule has 4 saturated carbocycles. The van der Waals surface area contributed by atoms with E-state index in [9.17, 15) is 10.2 Å². The summed E-state index contributed by atoms with van der Waals surface area (Å²) in [5.74, 6) is 3.75. The summed E-state index contributed by atoms with van der Waals surface area (Å²) in [5.41, 5.74) is -0.194. The average Bonchev–Trinajstić information content (AvgIpc) is 2.88. The second-order valence-electron chi connectivity index (χ2n) is 8.82. The van der Waals surface area contributed by atoms with E-state index < -0.39 is 5.60 Å². The van der Waals surface area contributed by atoms with Gasteiger partial charge in [0.25, 0.3) is 0 Å². The molecule has 0 aromatic carbocycles. The molecule has 0 aromatic rings.